The highest BCUT2D eigenvalue weighted by Gasteiger charge is 2.17. The number of rotatable bonds is 2. The highest BCUT2D eigenvalue weighted by molar-refractivity contribution is 9.11. The summed E-state index contributed by atoms with van der Waals surface area (Å²) in [6.07, 6.45) is 0. The Balaban J connectivity index is 1.31. The second kappa shape index (κ2) is 9.36. The first-order valence-corrected chi connectivity index (χ1v) is 16.2. The van der Waals surface area contributed by atoms with Crippen molar-refractivity contribution in [2.45, 2.75) is 0 Å². The van der Waals surface area contributed by atoms with E-state index in [1.165, 1.54) is 10.8 Å². The molecule has 9 aromatic rings. The first-order chi connectivity index (χ1) is 20.9. The van der Waals surface area contributed by atoms with E-state index < -0.39 is 0 Å². The zero-order valence-electron chi connectivity index (χ0n) is 22.4. The van der Waals surface area contributed by atoms with E-state index in [-0.39, 0.29) is 0 Å². The maximum atomic E-state index is 6.36. The second-order valence-electron chi connectivity index (χ2n) is 10.9. The maximum Gasteiger partial charge on any atom is 0.135 e. The fraction of sp³-hybridized carbons (Fsp3) is 0. The molecular formula is C36H18BBr3N2O. The predicted octanol–water partition coefficient (Wildman–Crippen LogP) is 10.9. The van der Waals surface area contributed by atoms with Crippen molar-refractivity contribution in [3.63, 3.8) is 0 Å². The number of nitrogens with zero attached hydrogens (tertiary/aromatic N) is 2. The zero-order valence-corrected chi connectivity index (χ0v) is 27.2. The molecule has 9 rings (SSSR count). The Morgan fingerprint density at radius 1 is 0.419 bits per heavy atom. The molecule has 43 heavy (non-hydrogen) atoms. The van der Waals surface area contributed by atoms with Gasteiger partial charge in [-0.1, -0.05) is 65.4 Å². The molecule has 0 aliphatic carbocycles. The van der Waals surface area contributed by atoms with Gasteiger partial charge in [-0.2, -0.15) is 0 Å². The van der Waals surface area contributed by atoms with E-state index in [1.54, 1.807) is 0 Å². The Kier molecular flexibility index (Phi) is 5.59. The van der Waals surface area contributed by atoms with Crippen LogP contribution in [0.25, 0.3) is 76.9 Å². The summed E-state index contributed by atoms with van der Waals surface area (Å²) >= 11 is 11.0. The molecule has 7 heteroatoms. The van der Waals surface area contributed by atoms with E-state index >= 15 is 0 Å². The summed E-state index contributed by atoms with van der Waals surface area (Å²) in [6.45, 7) is 0. The molecule has 202 valence electrons. The molecule has 2 radical (unpaired) electrons. The van der Waals surface area contributed by atoms with Gasteiger partial charge in [0.1, 0.15) is 19.0 Å². The molecule has 0 spiro atoms. The number of halogens is 3. The van der Waals surface area contributed by atoms with Crippen LogP contribution in [0.1, 0.15) is 0 Å². The van der Waals surface area contributed by atoms with Crippen LogP contribution >= 0.6 is 47.8 Å². The van der Waals surface area contributed by atoms with Crippen LogP contribution in [0, 0.1) is 0 Å². The highest BCUT2D eigenvalue weighted by atomic mass is 79.9. The average molecular weight is 745 g/mol. The second-order valence-corrected chi connectivity index (χ2v) is 13.6. The smallest absolute Gasteiger partial charge is 0.135 e. The van der Waals surface area contributed by atoms with Crippen molar-refractivity contribution in [1.29, 1.82) is 0 Å². The quantitative estimate of drug-likeness (QED) is 0.162. The van der Waals surface area contributed by atoms with Crippen LogP contribution in [0.5, 0.6) is 0 Å². The van der Waals surface area contributed by atoms with Crippen LogP contribution in [-0.2, 0) is 0 Å². The Morgan fingerprint density at radius 3 is 1.26 bits per heavy atom. The van der Waals surface area contributed by atoms with Crippen LogP contribution < -0.4 is 5.46 Å². The van der Waals surface area contributed by atoms with Gasteiger partial charge in [0.15, 0.2) is 0 Å². The van der Waals surface area contributed by atoms with Crippen molar-refractivity contribution >= 4 is 127 Å². The van der Waals surface area contributed by atoms with Crippen LogP contribution in [0.15, 0.2) is 127 Å². The van der Waals surface area contributed by atoms with Gasteiger partial charge in [-0.15, -0.1) is 0 Å². The standard InChI is InChI=1S/C36H18BBr3N2O/c37-19-1-7-31-25(13-19)26-14-20(38)2-8-32(26)41(31)23-5-11-35-29(17-23)30-18-24(6-12-36(30)43-35)42-33-9-3-21(39)15-27(33)28-16-22(40)4-10-34(28)42/h1-18H. The molecule has 0 N–H and O–H groups in total. The van der Waals surface area contributed by atoms with Crippen LogP contribution in [0.4, 0.5) is 0 Å². The van der Waals surface area contributed by atoms with Crippen molar-refractivity contribution in [3.8, 4) is 11.4 Å². The zero-order chi connectivity index (χ0) is 29.0. The number of benzene rings is 6. The van der Waals surface area contributed by atoms with E-state index in [0.29, 0.717) is 0 Å². The number of hydrogen-bond donors (Lipinski definition) is 0. The Hall–Kier alpha value is -3.78. The third-order valence-electron chi connectivity index (χ3n) is 8.39. The van der Waals surface area contributed by atoms with Gasteiger partial charge < -0.3 is 13.6 Å². The molecule has 0 unspecified atom stereocenters. The molecule has 0 saturated carbocycles. The number of furan rings is 1. The number of hydrogen-bond acceptors (Lipinski definition) is 1. The molecule has 0 saturated heterocycles. The minimum Gasteiger partial charge on any atom is -0.456 e. The van der Waals surface area contributed by atoms with Gasteiger partial charge in [0, 0.05) is 57.1 Å². The fourth-order valence-electron chi connectivity index (χ4n) is 6.57. The summed E-state index contributed by atoms with van der Waals surface area (Å²) in [5.74, 6) is 0. The number of aromatic nitrogens is 2. The summed E-state index contributed by atoms with van der Waals surface area (Å²) < 4.78 is 14.2. The summed E-state index contributed by atoms with van der Waals surface area (Å²) in [7, 11) is 6.22. The lowest BCUT2D eigenvalue weighted by Gasteiger charge is -2.09. The molecule has 0 bridgehead atoms. The topological polar surface area (TPSA) is 23.0 Å². The molecule has 0 amide bonds. The van der Waals surface area contributed by atoms with E-state index in [1.807, 2.05) is 6.07 Å². The lowest BCUT2D eigenvalue weighted by molar-refractivity contribution is 0.669. The van der Waals surface area contributed by atoms with Crippen molar-refractivity contribution in [2.75, 3.05) is 0 Å². The average Bonchev–Trinajstić information content (AvgIpc) is 3.63. The molecule has 0 fully saturated rings. The Bertz CT molecular complexity index is 2330. The minimum atomic E-state index is 0.750. The van der Waals surface area contributed by atoms with Crippen molar-refractivity contribution < 1.29 is 4.42 Å². The maximum absolute atomic E-state index is 6.36. The van der Waals surface area contributed by atoms with Gasteiger partial charge in [-0.05, 0) is 97.1 Å². The van der Waals surface area contributed by atoms with Gasteiger partial charge in [-0.25, -0.2) is 0 Å². The lowest BCUT2D eigenvalue weighted by atomic mass is 9.94. The summed E-state index contributed by atoms with van der Waals surface area (Å²) in [5, 5.41) is 6.82. The monoisotopic (exact) mass is 742 g/mol. The fourth-order valence-corrected chi connectivity index (χ4v) is 7.65. The molecule has 3 heterocycles. The molecule has 0 atom stereocenters. The highest BCUT2D eigenvalue weighted by Crippen LogP contribution is 2.39. The first kappa shape index (κ1) is 25.7. The molecule has 3 aromatic heterocycles. The van der Waals surface area contributed by atoms with Gasteiger partial charge in [0.05, 0.1) is 22.1 Å². The van der Waals surface area contributed by atoms with Crippen molar-refractivity contribution in [3.05, 3.63) is 123 Å². The van der Waals surface area contributed by atoms with Gasteiger partial charge in [0.25, 0.3) is 0 Å². The summed E-state index contributed by atoms with van der Waals surface area (Å²) in [4.78, 5) is 0. The van der Waals surface area contributed by atoms with E-state index in [4.69, 9.17) is 12.3 Å². The summed E-state index contributed by atoms with van der Waals surface area (Å²) in [5.41, 5.74) is 9.17. The predicted molar refractivity (Wildman–Crippen MR) is 191 cm³/mol. The van der Waals surface area contributed by atoms with Gasteiger partial charge in [0.2, 0.25) is 0 Å². The van der Waals surface area contributed by atoms with E-state index in [2.05, 4.69) is 160 Å². The third kappa shape index (κ3) is 3.84. The Morgan fingerprint density at radius 2 is 0.814 bits per heavy atom. The molecular weight excluding hydrogens is 727 g/mol. The van der Waals surface area contributed by atoms with Gasteiger partial charge >= 0.3 is 0 Å². The van der Waals surface area contributed by atoms with Crippen molar-refractivity contribution in [2.24, 2.45) is 0 Å². The molecule has 0 aliphatic rings. The van der Waals surface area contributed by atoms with Crippen LogP contribution in [0.3, 0.4) is 0 Å². The third-order valence-corrected chi connectivity index (χ3v) is 9.87. The molecule has 6 aromatic carbocycles. The SMILES string of the molecule is [B]c1ccc2c(c1)c1cc(Br)ccc1n2-c1ccc2oc3ccc(-n4c5ccc(Br)cc5c5cc(Br)ccc54)cc3c2c1. The van der Waals surface area contributed by atoms with Crippen LogP contribution in [0.2, 0.25) is 0 Å². The van der Waals surface area contributed by atoms with E-state index in [9.17, 15) is 0 Å². The van der Waals surface area contributed by atoms with Crippen LogP contribution in [-0.4, -0.2) is 17.0 Å². The first-order valence-electron chi connectivity index (χ1n) is 13.8. The largest absolute Gasteiger partial charge is 0.456 e. The number of fused-ring (bicyclic) bond motifs is 9. The summed E-state index contributed by atoms with van der Waals surface area (Å²) in [6, 6.07) is 38.4. The van der Waals surface area contributed by atoms with Crippen molar-refractivity contribution in [1.82, 2.24) is 9.13 Å². The van der Waals surface area contributed by atoms with Gasteiger partial charge in [-0.3, -0.25) is 0 Å². The molecule has 0 aliphatic heterocycles. The normalized spacial score (nSPS) is 12.2. The molecule has 3 nitrogen and oxygen atoms in total. The lowest BCUT2D eigenvalue weighted by Crippen LogP contribution is -2.00. The minimum absolute atomic E-state index is 0.750. The Labute approximate surface area is 272 Å². The van der Waals surface area contributed by atoms with E-state index in [0.717, 1.165) is 85.0 Å².